The van der Waals surface area contributed by atoms with E-state index in [1.165, 1.54) is 24.4 Å². The van der Waals surface area contributed by atoms with Gasteiger partial charge in [0.15, 0.2) is 11.5 Å². The van der Waals surface area contributed by atoms with Crippen molar-refractivity contribution in [1.29, 1.82) is 0 Å². The predicted octanol–water partition coefficient (Wildman–Crippen LogP) is 3.86. The Morgan fingerprint density at radius 3 is 2.48 bits per heavy atom. The van der Waals surface area contributed by atoms with Crippen LogP contribution in [0.15, 0.2) is 30.5 Å². The number of anilines is 1. The lowest BCUT2D eigenvalue weighted by Crippen LogP contribution is -2.17. The molecule has 21 heavy (non-hydrogen) atoms. The minimum absolute atomic E-state index is 0.0517. The van der Waals surface area contributed by atoms with Gasteiger partial charge in [-0.2, -0.15) is 4.98 Å². The van der Waals surface area contributed by atoms with Crippen molar-refractivity contribution in [3.8, 4) is 17.4 Å². The van der Waals surface area contributed by atoms with Crippen molar-refractivity contribution < 1.29 is 22.6 Å². The predicted molar refractivity (Wildman–Crippen MR) is 69.8 cm³/mol. The number of alkyl halides is 3. The molecule has 0 saturated carbocycles. The topological polar surface area (TPSA) is 56.3 Å². The largest absolute Gasteiger partial charge is 0.573 e. The van der Waals surface area contributed by atoms with E-state index in [9.17, 15) is 13.2 Å². The maximum Gasteiger partial charge on any atom is 0.573 e. The second kappa shape index (κ2) is 6.04. The molecule has 0 aliphatic rings. The summed E-state index contributed by atoms with van der Waals surface area (Å²) in [5, 5.41) is 2.71. The lowest BCUT2D eigenvalue weighted by Gasteiger charge is -2.13. The molecule has 1 N–H and O–H groups in total. The number of benzene rings is 1. The van der Waals surface area contributed by atoms with Gasteiger partial charge in [-0.25, -0.2) is 4.98 Å². The third-order valence-corrected chi connectivity index (χ3v) is 2.48. The smallest absolute Gasteiger partial charge is 0.433 e. The zero-order chi connectivity index (χ0) is 15.5. The number of aromatic nitrogens is 2. The molecule has 0 saturated heterocycles. The molecule has 0 spiro atoms. The summed E-state index contributed by atoms with van der Waals surface area (Å²) in [6, 6.07) is 5.30. The summed E-state index contributed by atoms with van der Waals surface area (Å²) in [6.07, 6.45) is -3.56. The van der Waals surface area contributed by atoms with Gasteiger partial charge in [-0.15, -0.1) is 13.2 Å². The maximum atomic E-state index is 12.3. The van der Waals surface area contributed by atoms with Crippen LogP contribution in [0.5, 0.6) is 17.4 Å². The first-order valence-electron chi connectivity index (χ1n) is 5.62. The number of halogens is 4. The Labute approximate surface area is 122 Å². The average molecular weight is 320 g/mol. The molecule has 2 rings (SSSR count). The van der Waals surface area contributed by atoms with Gasteiger partial charge in [0.2, 0.25) is 11.8 Å². The molecule has 9 heteroatoms. The van der Waals surface area contributed by atoms with Crippen molar-refractivity contribution in [3.63, 3.8) is 0 Å². The van der Waals surface area contributed by atoms with Gasteiger partial charge in [-0.05, 0) is 12.1 Å². The Bertz CT molecular complexity index is 637. The fourth-order valence-corrected chi connectivity index (χ4v) is 1.52. The second-order valence-corrected chi connectivity index (χ2v) is 4.10. The molecule has 112 valence electrons. The number of nitrogens with zero attached hydrogens (tertiary/aromatic N) is 2. The first-order chi connectivity index (χ1) is 9.89. The lowest BCUT2D eigenvalue weighted by atomic mass is 10.3. The lowest BCUT2D eigenvalue weighted by molar-refractivity contribution is -0.275. The van der Waals surface area contributed by atoms with E-state index in [2.05, 4.69) is 20.0 Å². The molecular formula is C12H9ClF3N3O2. The summed E-state index contributed by atoms with van der Waals surface area (Å²) < 4.78 is 46.1. The van der Waals surface area contributed by atoms with Gasteiger partial charge in [-0.3, -0.25) is 0 Å². The van der Waals surface area contributed by atoms with Crippen molar-refractivity contribution in [2.75, 3.05) is 12.4 Å². The van der Waals surface area contributed by atoms with E-state index in [0.717, 1.165) is 6.07 Å². The van der Waals surface area contributed by atoms with Crippen LogP contribution in [0.25, 0.3) is 0 Å². The summed E-state index contributed by atoms with van der Waals surface area (Å²) >= 11 is 5.85. The Morgan fingerprint density at radius 1 is 1.19 bits per heavy atom. The highest BCUT2D eigenvalue weighted by atomic mass is 35.5. The monoisotopic (exact) mass is 319 g/mol. The van der Waals surface area contributed by atoms with Crippen molar-refractivity contribution in [3.05, 3.63) is 35.5 Å². The Kier molecular flexibility index (Phi) is 4.37. The molecule has 5 nitrogen and oxygen atoms in total. The zero-order valence-corrected chi connectivity index (χ0v) is 11.4. The van der Waals surface area contributed by atoms with Crippen LogP contribution < -0.4 is 14.8 Å². The zero-order valence-electron chi connectivity index (χ0n) is 10.6. The quantitative estimate of drug-likeness (QED) is 0.927. The Morgan fingerprint density at radius 2 is 1.86 bits per heavy atom. The van der Waals surface area contributed by atoms with Gasteiger partial charge in [0.1, 0.15) is 5.02 Å². The number of hydrogen-bond donors (Lipinski definition) is 1. The van der Waals surface area contributed by atoms with Gasteiger partial charge < -0.3 is 14.8 Å². The fraction of sp³-hybridized carbons (Fsp3) is 0.167. The molecule has 2 aromatic rings. The van der Waals surface area contributed by atoms with Crippen LogP contribution in [0.3, 0.4) is 0 Å². The van der Waals surface area contributed by atoms with Gasteiger partial charge in [0, 0.05) is 7.05 Å². The van der Waals surface area contributed by atoms with Crippen LogP contribution in [0.1, 0.15) is 0 Å². The summed E-state index contributed by atoms with van der Waals surface area (Å²) in [7, 11) is 1.58. The van der Waals surface area contributed by atoms with Gasteiger partial charge in [0.05, 0.1) is 6.20 Å². The van der Waals surface area contributed by atoms with Crippen molar-refractivity contribution in [1.82, 2.24) is 9.97 Å². The van der Waals surface area contributed by atoms with Gasteiger partial charge in [-0.1, -0.05) is 23.7 Å². The minimum atomic E-state index is -4.83. The summed E-state index contributed by atoms with van der Waals surface area (Å²) in [6.45, 7) is 0. The molecular weight excluding hydrogens is 311 g/mol. The van der Waals surface area contributed by atoms with Crippen LogP contribution in [0.2, 0.25) is 5.02 Å². The summed E-state index contributed by atoms with van der Waals surface area (Å²) in [4.78, 5) is 7.75. The van der Waals surface area contributed by atoms with E-state index in [4.69, 9.17) is 16.3 Å². The molecule has 0 radical (unpaired) electrons. The Hall–Kier alpha value is -2.22. The number of hydrogen-bond acceptors (Lipinski definition) is 5. The molecule has 1 heterocycles. The summed E-state index contributed by atoms with van der Waals surface area (Å²) in [5.41, 5.74) is 0. The number of nitrogens with one attached hydrogen (secondary N) is 1. The van der Waals surface area contributed by atoms with E-state index in [0.29, 0.717) is 0 Å². The molecule has 0 bridgehead atoms. The fourth-order valence-electron chi connectivity index (χ4n) is 1.39. The van der Waals surface area contributed by atoms with E-state index in [1.807, 2.05) is 0 Å². The highest BCUT2D eigenvalue weighted by Crippen LogP contribution is 2.36. The number of rotatable bonds is 4. The van der Waals surface area contributed by atoms with E-state index < -0.39 is 12.1 Å². The van der Waals surface area contributed by atoms with E-state index in [-0.39, 0.29) is 22.6 Å². The second-order valence-electron chi connectivity index (χ2n) is 3.69. The molecule has 0 amide bonds. The summed E-state index contributed by atoms with van der Waals surface area (Å²) in [5.74, 6) is -0.541. The normalized spacial score (nSPS) is 11.1. The first-order valence-corrected chi connectivity index (χ1v) is 6.00. The maximum absolute atomic E-state index is 12.3. The molecule has 0 fully saturated rings. The van der Waals surface area contributed by atoms with Crippen molar-refractivity contribution >= 4 is 17.5 Å². The molecule has 0 aliphatic heterocycles. The first kappa shape index (κ1) is 15.2. The highest BCUT2D eigenvalue weighted by Gasteiger charge is 2.32. The SMILES string of the molecule is CNc1ncc(Cl)c(Oc2ccccc2OC(F)(F)F)n1. The van der Waals surface area contributed by atoms with E-state index in [1.54, 1.807) is 7.05 Å². The molecule has 1 aromatic heterocycles. The molecule has 0 unspecified atom stereocenters. The molecule has 1 aromatic carbocycles. The third-order valence-electron chi connectivity index (χ3n) is 2.22. The van der Waals surface area contributed by atoms with Crippen LogP contribution in [-0.4, -0.2) is 23.4 Å². The molecule has 0 atom stereocenters. The number of para-hydroxylation sites is 2. The van der Waals surface area contributed by atoms with Crippen molar-refractivity contribution in [2.24, 2.45) is 0 Å². The van der Waals surface area contributed by atoms with Gasteiger partial charge >= 0.3 is 6.36 Å². The van der Waals surface area contributed by atoms with E-state index >= 15 is 0 Å². The van der Waals surface area contributed by atoms with Crippen LogP contribution in [-0.2, 0) is 0 Å². The highest BCUT2D eigenvalue weighted by molar-refractivity contribution is 6.31. The van der Waals surface area contributed by atoms with Crippen LogP contribution in [0, 0.1) is 0 Å². The molecule has 0 aliphatic carbocycles. The van der Waals surface area contributed by atoms with Gasteiger partial charge in [0.25, 0.3) is 0 Å². The van der Waals surface area contributed by atoms with Crippen LogP contribution in [0.4, 0.5) is 19.1 Å². The third kappa shape index (κ3) is 4.12. The van der Waals surface area contributed by atoms with Crippen molar-refractivity contribution in [2.45, 2.75) is 6.36 Å². The van der Waals surface area contributed by atoms with Crippen LogP contribution >= 0.6 is 11.6 Å². The standard InChI is InChI=1S/C12H9ClF3N3O2/c1-17-11-18-6-7(13)10(19-11)20-8-4-2-3-5-9(8)21-12(14,15)16/h2-6H,1H3,(H,17,18,19). The minimum Gasteiger partial charge on any atom is -0.433 e. The number of ether oxygens (including phenoxy) is 2. The average Bonchev–Trinajstić information content (AvgIpc) is 2.42. The Balaban J connectivity index is 2.31.